The Morgan fingerprint density at radius 1 is 1.09 bits per heavy atom. The van der Waals surface area contributed by atoms with Crippen molar-refractivity contribution in [1.82, 2.24) is 0 Å². The van der Waals surface area contributed by atoms with Gasteiger partial charge in [0, 0.05) is 5.92 Å². The summed E-state index contributed by atoms with van der Waals surface area (Å²) in [7, 11) is 0. The van der Waals surface area contributed by atoms with E-state index in [1.54, 1.807) is 0 Å². The maximum Gasteiger partial charge on any atom is 0.266 e. The fourth-order valence-electron chi connectivity index (χ4n) is 2.08. The van der Waals surface area contributed by atoms with Crippen molar-refractivity contribution in [3.63, 3.8) is 0 Å². The Kier molecular flexibility index (Phi) is 1.04. The topological polar surface area (TPSA) is 24.7 Å². The van der Waals surface area contributed by atoms with E-state index in [9.17, 15) is 0 Å². The minimum absolute atomic E-state index is 0.442. The maximum atomic E-state index is 6.15. The van der Waals surface area contributed by atoms with E-state index in [4.69, 9.17) is 11.6 Å². The van der Waals surface area contributed by atoms with E-state index in [-0.39, 0.29) is 0 Å². The van der Waals surface area contributed by atoms with E-state index in [1.165, 1.54) is 25.7 Å². The van der Waals surface area contributed by atoms with Crippen LogP contribution in [0.1, 0.15) is 25.7 Å². The largest absolute Gasteiger partial charge is 0.266 e. The zero-order valence-corrected chi connectivity index (χ0v) is 7.09. The third-order valence-corrected chi connectivity index (χ3v) is 3.38. The second kappa shape index (κ2) is 1.79. The molecule has 2 nitrogen and oxygen atoms in total. The number of nitrogens with zero attached hydrogens (tertiary/aromatic N) is 2. The minimum Gasteiger partial charge on any atom is -0.140 e. The molecule has 0 aromatic rings. The highest BCUT2D eigenvalue weighted by Crippen LogP contribution is 2.59. The Balaban J connectivity index is 1.77. The molecule has 3 aliphatic rings. The van der Waals surface area contributed by atoms with Gasteiger partial charge in [-0.3, -0.25) is 0 Å². The van der Waals surface area contributed by atoms with Crippen molar-refractivity contribution in [3.8, 4) is 0 Å². The summed E-state index contributed by atoms with van der Waals surface area (Å²) >= 11 is 6.15. The predicted octanol–water partition coefficient (Wildman–Crippen LogP) is 2.78. The molecule has 60 valence electrons. The van der Waals surface area contributed by atoms with E-state index >= 15 is 0 Å². The normalized spacial score (nSPS) is 32.9. The summed E-state index contributed by atoms with van der Waals surface area (Å²) < 4.78 is 0. The van der Waals surface area contributed by atoms with Crippen molar-refractivity contribution in [1.29, 1.82) is 0 Å². The van der Waals surface area contributed by atoms with E-state index in [0.717, 1.165) is 11.8 Å². The Morgan fingerprint density at radius 3 is 1.82 bits per heavy atom. The fraction of sp³-hybridized carbons (Fsp3) is 1.00. The first-order chi connectivity index (χ1) is 5.30. The van der Waals surface area contributed by atoms with Crippen LogP contribution in [0.3, 0.4) is 0 Å². The zero-order chi connectivity index (χ0) is 7.47. The SMILES string of the molecule is ClC1(C(C2CC2)C2CC2)N=N1. The number of alkyl halides is 1. The molecule has 0 N–H and O–H groups in total. The van der Waals surface area contributed by atoms with Crippen LogP contribution in [0, 0.1) is 17.8 Å². The van der Waals surface area contributed by atoms with Crippen LogP contribution in [0.2, 0.25) is 0 Å². The van der Waals surface area contributed by atoms with Crippen LogP contribution in [-0.2, 0) is 0 Å². The van der Waals surface area contributed by atoms with Gasteiger partial charge in [0.1, 0.15) is 0 Å². The molecule has 2 aliphatic carbocycles. The van der Waals surface area contributed by atoms with Gasteiger partial charge in [0.2, 0.25) is 0 Å². The van der Waals surface area contributed by atoms with E-state index in [1.807, 2.05) is 0 Å². The summed E-state index contributed by atoms with van der Waals surface area (Å²) in [6.07, 6.45) is 5.45. The van der Waals surface area contributed by atoms with Gasteiger partial charge in [-0.2, -0.15) is 0 Å². The standard InChI is InChI=1S/C8H11ClN2/c9-8(10-11-8)7(5-1-2-5)6-3-4-6/h5-7H,1-4H2. The molecule has 0 saturated heterocycles. The number of rotatable bonds is 3. The third kappa shape index (κ3) is 0.994. The van der Waals surface area contributed by atoms with Crippen molar-refractivity contribution in [3.05, 3.63) is 0 Å². The highest BCUT2D eigenvalue weighted by Gasteiger charge is 2.58. The summed E-state index contributed by atoms with van der Waals surface area (Å²) in [4.78, 5) is 0. The van der Waals surface area contributed by atoms with Crippen molar-refractivity contribution >= 4 is 11.6 Å². The Bertz CT molecular complexity index is 200. The Hall–Kier alpha value is -0.110. The van der Waals surface area contributed by atoms with Gasteiger partial charge in [-0.25, -0.2) is 0 Å². The lowest BCUT2D eigenvalue weighted by atomic mass is 9.96. The molecule has 0 radical (unpaired) electrons. The van der Waals surface area contributed by atoms with E-state index in [0.29, 0.717) is 5.92 Å². The fourth-order valence-corrected chi connectivity index (χ4v) is 2.47. The number of hydrogen-bond acceptors (Lipinski definition) is 2. The predicted molar refractivity (Wildman–Crippen MR) is 42.4 cm³/mol. The highest BCUT2D eigenvalue weighted by atomic mass is 35.5. The van der Waals surface area contributed by atoms with Crippen molar-refractivity contribution in [2.75, 3.05) is 0 Å². The summed E-state index contributed by atoms with van der Waals surface area (Å²) in [6.45, 7) is 0. The summed E-state index contributed by atoms with van der Waals surface area (Å²) in [5, 5.41) is 7.45. The van der Waals surface area contributed by atoms with Crippen LogP contribution >= 0.6 is 11.6 Å². The van der Waals surface area contributed by atoms with Crippen molar-refractivity contribution < 1.29 is 0 Å². The lowest BCUT2D eigenvalue weighted by molar-refractivity contribution is 0.361. The molecule has 1 aliphatic heterocycles. The molecule has 2 saturated carbocycles. The van der Waals surface area contributed by atoms with E-state index in [2.05, 4.69) is 10.2 Å². The molecule has 0 unspecified atom stereocenters. The van der Waals surface area contributed by atoms with Crippen LogP contribution in [-0.4, -0.2) is 5.12 Å². The zero-order valence-electron chi connectivity index (χ0n) is 6.33. The van der Waals surface area contributed by atoms with Crippen molar-refractivity contribution in [2.24, 2.45) is 28.0 Å². The van der Waals surface area contributed by atoms with Gasteiger partial charge in [0.25, 0.3) is 5.12 Å². The lowest BCUT2D eigenvalue weighted by Crippen LogP contribution is -2.21. The van der Waals surface area contributed by atoms with Gasteiger partial charge in [-0.1, -0.05) is 11.6 Å². The smallest absolute Gasteiger partial charge is 0.140 e. The van der Waals surface area contributed by atoms with Crippen LogP contribution in [0.4, 0.5) is 0 Å². The van der Waals surface area contributed by atoms with E-state index < -0.39 is 5.12 Å². The lowest BCUT2D eigenvalue weighted by Gasteiger charge is -2.15. The second-order valence-corrected chi connectivity index (χ2v) is 4.59. The average molecular weight is 171 g/mol. The van der Waals surface area contributed by atoms with Crippen LogP contribution < -0.4 is 0 Å². The van der Waals surface area contributed by atoms with Crippen LogP contribution in [0.15, 0.2) is 10.2 Å². The molecule has 0 spiro atoms. The van der Waals surface area contributed by atoms with Gasteiger partial charge in [0.15, 0.2) is 0 Å². The van der Waals surface area contributed by atoms with Crippen LogP contribution in [0.5, 0.6) is 0 Å². The van der Waals surface area contributed by atoms with Crippen LogP contribution in [0.25, 0.3) is 0 Å². The summed E-state index contributed by atoms with van der Waals surface area (Å²) in [5.41, 5.74) is 0. The summed E-state index contributed by atoms with van der Waals surface area (Å²) in [5.74, 6) is 2.31. The molecular weight excluding hydrogens is 160 g/mol. The van der Waals surface area contributed by atoms with Gasteiger partial charge >= 0.3 is 0 Å². The first-order valence-corrected chi connectivity index (χ1v) is 4.80. The van der Waals surface area contributed by atoms with Gasteiger partial charge < -0.3 is 0 Å². The first kappa shape index (κ1) is 6.41. The average Bonchev–Trinajstić information content (AvgIpc) is 2.66. The molecule has 3 heteroatoms. The first-order valence-electron chi connectivity index (χ1n) is 4.42. The maximum absolute atomic E-state index is 6.15. The molecule has 0 bridgehead atoms. The number of halogens is 1. The molecule has 0 aromatic heterocycles. The molecular formula is C8H11ClN2. The molecule has 11 heavy (non-hydrogen) atoms. The minimum atomic E-state index is -0.442. The molecule has 1 heterocycles. The molecule has 0 atom stereocenters. The molecule has 2 fully saturated rings. The Labute approximate surface area is 71.0 Å². The third-order valence-electron chi connectivity index (χ3n) is 2.97. The highest BCUT2D eigenvalue weighted by molar-refractivity contribution is 6.25. The van der Waals surface area contributed by atoms with Gasteiger partial charge in [0.05, 0.1) is 0 Å². The molecule has 3 rings (SSSR count). The second-order valence-electron chi connectivity index (χ2n) is 4.04. The number of hydrogen-bond donors (Lipinski definition) is 0. The monoisotopic (exact) mass is 170 g/mol. The summed E-state index contributed by atoms with van der Waals surface area (Å²) in [6, 6.07) is 0. The van der Waals surface area contributed by atoms with Gasteiger partial charge in [-0.05, 0) is 37.5 Å². The quantitative estimate of drug-likeness (QED) is 0.460. The van der Waals surface area contributed by atoms with Gasteiger partial charge in [-0.15, -0.1) is 10.2 Å². The van der Waals surface area contributed by atoms with Crippen molar-refractivity contribution in [2.45, 2.75) is 30.8 Å². The molecule has 0 amide bonds. The Morgan fingerprint density at radius 2 is 1.55 bits per heavy atom. The molecule has 0 aromatic carbocycles.